The van der Waals surface area contributed by atoms with Gasteiger partial charge >= 0.3 is 6.11 Å². The molecule has 4 aromatic rings. The molecule has 0 spiro atoms. The molecule has 0 aliphatic rings. The van der Waals surface area contributed by atoms with Crippen molar-refractivity contribution in [2.75, 3.05) is 19.6 Å². The molecule has 0 unspecified atom stereocenters. The molecular weight excluding hydrogens is 530 g/mol. The van der Waals surface area contributed by atoms with E-state index >= 15 is 0 Å². The number of H-pyrrole nitrogens is 1. The molecule has 0 aliphatic heterocycles. The number of hydrogen-bond acceptors (Lipinski definition) is 7. The largest absolute Gasteiger partial charge is 0.431 e. The molecule has 2 aromatic carbocycles. The zero-order valence-electron chi connectivity index (χ0n) is 21.5. The molecule has 2 heterocycles. The van der Waals surface area contributed by atoms with Crippen molar-refractivity contribution in [1.29, 1.82) is 0 Å². The predicted molar refractivity (Wildman–Crippen MR) is 144 cm³/mol. The Kier molecular flexibility index (Phi) is 9.79. The Hall–Kier alpha value is -3.61. The number of halogens is 3. The summed E-state index contributed by atoms with van der Waals surface area (Å²) in [6.45, 7) is 4.21. The summed E-state index contributed by atoms with van der Waals surface area (Å²) in [5.41, 5.74) is 3.78. The van der Waals surface area contributed by atoms with Gasteiger partial charge in [0.1, 0.15) is 18.4 Å². The number of nitrogens with zero attached hydrogens (tertiary/aromatic N) is 4. The highest BCUT2D eigenvalue weighted by Gasteiger charge is 2.29. The molecule has 13 heteroatoms. The molecule has 0 bridgehead atoms. The number of amides is 1. The minimum Gasteiger partial charge on any atom is -0.431 e. The topological polar surface area (TPSA) is 122 Å². The summed E-state index contributed by atoms with van der Waals surface area (Å²) >= 11 is 6.07. The Morgan fingerprint density at radius 2 is 1.90 bits per heavy atom. The molecule has 4 N–H and O–H groups in total. The molecule has 0 saturated carbocycles. The minimum absolute atomic E-state index is 0.0483. The van der Waals surface area contributed by atoms with Crippen LogP contribution in [0.2, 0.25) is 5.02 Å². The fourth-order valence-corrected chi connectivity index (χ4v) is 4.14. The van der Waals surface area contributed by atoms with Crippen molar-refractivity contribution >= 4 is 28.4 Å². The normalized spacial score (nSPS) is 11.7. The van der Waals surface area contributed by atoms with Gasteiger partial charge in [0.25, 0.3) is 0 Å². The Balaban J connectivity index is 1.11. The lowest BCUT2D eigenvalue weighted by Gasteiger charge is -2.17. The van der Waals surface area contributed by atoms with Gasteiger partial charge in [-0.15, -0.1) is 10.2 Å². The van der Waals surface area contributed by atoms with Crippen LogP contribution >= 0.6 is 11.6 Å². The van der Waals surface area contributed by atoms with Gasteiger partial charge in [-0.1, -0.05) is 24.6 Å². The Morgan fingerprint density at radius 1 is 1.10 bits per heavy atom. The van der Waals surface area contributed by atoms with E-state index in [0.717, 1.165) is 40.7 Å². The first kappa shape index (κ1) is 28.4. The second-order valence-electron chi connectivity index (χ2n) is 8.97. The van der Waals surface area contributed by atoms with Gasteiger partial charge in [0.15, 0.2) is 0 Å². The van der Waals surface area contributed by atoms with Crippen LogP contribution in [0.25, 0.3) is 16.6 Å². The van der Waals surface area contributed by atoms with Crippen LogP contribution in [0.4, 0.5) is 8.78 Å². The van der Waals surface area contributed by atoms with E-state index in [-0.39, 0.29) is 16.7 Å². The van der Waals surface area contributed by atoms with E-state index in [2.05, 4.69) is 47.1 Å². The van der Waals surface area contributed by atoms with Crippen LogP contribution in [0.3, 0.4) is 0 Å². The van der Waals surface area contributed by atoms with Gasteiger partial charge in [-0.3, -0.25) is 14.5 Å². The molecule has 0 radical (unpaired) electrons. The second-order valence-corrected chi connectivity index (χ2v) is 9.38. The maximum atomic E-state index is 13.4. The van der Waals surface area contributed by atoms with Gasteiger partial charge in [-0.2, -0.15) is 13.9 Å². The van der Waals surface area contributed by atoms with Gasteiger partial charge in [0, 0.05) is 44.4 Å². The van der Waals surface area contributed by atoms with Crippen molar-refractivity contribution in [1.82, 2.24) is 40.9 Å². The summed E-state index contributed by atoms with van der Waals surface area (Å²) in [5.74, 6) is -0.107. The summed E-state index contributed by atoms with van der Waals surface area (Å²) in [6.07, 6.45) is 2.50. The molecular formula is C26H31ClF2N8O2. The van der Waals surface area contributed by atoms with Crippen molar-refractivity contribution in [3.63, 3.8) is 0 Å². The second kappa shape index (κ2) is 13.5. The van der Waals surface area contributed by atoms with Gasteiger partial charge < -0.3 is 20.7 Å². The molecule has 39 heavy (non-hydrogen) atoms. The fraction of sp³-hybridized carbons (Fsp3) is 0.385. The van der Waals surface area contributed by atoms with Crippen molar-refractivity contribution in [2.45, 2.75) is 45.4 Å². The van der Waals surface area contributed by atoms with Crippen molar-refractivity contribution in [3.8, 4) is 11.4 Å². The molecule has 4 rings (SSSR count). The quantitative estimate of drug-likeness (QED) is 0.162. The van der Waals surface area contributed by atoms with Crippen molar-refractivity contribution in [3.05, 3.63) is 65.3 Å². The van der Waals surface area contributed by atoms with Crippen LogP contribution in [-0.2, 0) is 17.9 Å². The number of nitrogens with one attached hydrogen (secondary N) is 4. The van der Waals surface area contributed by atoms with Gasteiger partial charge in [0.2, 0.25) is 5.91 Å². The summed E-state index contributed by atoms with van der Waals surface area (Å²) < 4.78 is 33.3. The smallest absolute Gasteiger partial charge is 0.397 e. The van der Waals surface area contributed by atoms with E-state index in [4.69, 9.17) is 11.6 Å². The number of benzene rings is 2. The first-order chi connectivity index (χ1) is 18.8. The average Bonchev–Trinajstić information content (AvgIpc) is 3.62. The van der Waals surface area contributed by atoms with E-state index in [1.165, 1.54) is 13.0 Å². The van der Waals surface area contributed by atoms with Crippen LogP contribution < -0.4 is 20.7 Å². The number of aromatic nitrogens is 5. The maximum absolute atomic E-state index is 13.4. The number of aromatic amines is 1. The SMILES string of the molecule is CCC(F)(F)Oc1ccc(CNCCC(=O)NCCCNCc2cc(-n3cnnc3)cc3[nH]ncc23)cc1Cl. The third-order valence-electron chi connectivity index (χ3n) is 6.04. The number of hydrogen-bond donors (Lipinski definition) is 4. The molecule has 0 fully saturated rings. The van der Waals surface area contributed by atoms with Gasteiger partial charge in [-0.25, -0.2) is 0 Å². The summed E-state index contributed by atoms with van der Waals surface area (Å²) in [5, 5.41) is 25.5. The number of fused-ring (bicyclic) bond motifs is 1. The predicted octanol–water partition coefficient (Wildman–Crippen LogP) is 3.95. The van der Waals surface area contributed by atoms with Gasteiger partial charge in [-0.05, 0) is 48.4 Å². The van der Waals surface area contributed by atoms with E-state index in [9.17, 15) is 13.6 Å². The van der Waals surface area contributed by atoms with Crippen LogP contribution in [0.5, 0.6) is 5.75 Å². The highest BCUT2D eigenvalue weighted by molar-refractivity contribution is 6.32. The van der Waals surface area contributed by atoms with Gasteiger partial charge in [0.05, 0.1) is 22.4 Å². The number of carbonyl (C=O) groups excluding carboxylic acids is 1. The molecule has 1 amide bonds. The lowest BCUT2D eigenvalue weighted by atomic mass is 10.1. The van der Waals surface area contributed by atoms with Crippen molar-refractivity contribution < 1.29 is 18.3 Å². The summed E-state index contributed by atoms with van der Waals surface area (Å²) in [4.78, 5) is 12.1. The third kappa shape index (κ3) is 8.19. The van der Waals surface area contributed by atoms with E-state index in [1.807, 2.05) is 16.8 Å². The van der Waals surface area contributed by atoms with E-state index < -0.39 is 12.5 Å². The summed E-state index contributed by atoms with van der Waals surface area (Å²) in [6, 6.07) is 8.73. The highest BCUT2D eigenvalue weighted by Crippen LogP contribution is 2.31. The molecule has 10 nitrogen and oxygen atoms in total. The molecule has 208 valence electrons. The molecule has 2 aromatic heterocycles. The lowest BCUT2D eigenvalue weighted by Crippen LogP contribution is -2.30. The van der Waals surface area contributed by atoms with Crippen LogP contribution in [0.15, 0.2) is 49.2 Å². The number of alkyl halides is 2. The van der Waals surface area contributed by atoms with Crippen LogP contribution in [-0.4, -0.2) is 56.6 Å². The number of carbonyl (C=O) groups is 1. The first-order valence-electron chi connectivity index (χ1n) is 12.7. The first-order valence-corrected chi connectivity index (χ1v) is 13.1. The average molecular weight is 561 g/mol. The number of rotatable bonds is 15. The fourth-order valence-electron chi connectivity index (χ4n) is 3.89. The Labute approximate surface area is 229 Å². The van der Waals surface area contributed by atoms with Crippen molar-refractivity contribution in [2.24, 2.45) is 0 Å². The monoisotopic (exact) mass is 560 g/mol. The third-order valence-corrected chi connectivity index (χ3v) is 6.33. The standard InChI is InChI=1S/C26H31ClF2N8O2/c1-2-26(28,29)39-24-5-4-18(10-22(24)27)13-31-9-6-25(38)32-8-3-7-30-14-19-11-20(37-16-34-35-17-37)12-23-21(19)15-33-36-23/h4-5,10-12,15-17,30-31H,2-3,6-9,13-14H2,1H3,(H,32,38)(H,33,36). The zero-order valence-corrected chi connectivity index (χ0v) is 22.3. The summed E-state index contributed by atoms with van der Waals surface area (Å²) in [7, 11) is 0. The maximum Gasteiger partial charge on any atom is 0.397 e. The van der Waals surface area contributed by atoms with Crippen LogP contribution in [0, 0.1) is 0 Å². The molecule has 0 saturated heterocycles. The number of ether oxygens (including phenoxy) is 1. The Bertz CT molecular complexity index is 1360. The van der Waals surface area contributed by atoms with E-state index in [1.54, 1.807) is 24.8 Å². The van der Waals surface area contributed by atoms with E-state index in [0.29, 0.717) is 32.6 Å². The van der Waals surface area contributed by atoms with Crippen LogP contribution in [0.1, 0.15) is 37.3 Å². The zero-order chi connectivity index (χ0) is 27.7. The highest BCUT2D eigenvalue weighted by atomic mass is 35.5. The minimum atomic E-state index is -3.26. The molecule has 0 aliphatic carbocycles. The Morgan fingerprint density at radius 3 is 2.67 bits per heavy atom. The lowest BCUT2D eigenvalue weighted by molar-refractivity contribution is -0.177. The molecule has 0 atom stereocenters.